The molecule has 1 aromatic carbocycles. The summed E-state index contributed by atoms with van der Waals surface area (Å²) >= 11 is 5.99. The van der Waals surface area contributed by atoms with Crippen LogP contribution in [0.3, 0.4) is 0 Å². The van der Waals surface area contributed by atoms with Crippen LogP contribution in [0.2, 0.25) is 5.02 Å². The maximum Gasteiger partial charge on any atom is 0.490 e. The number of hydrogen-bond donors (Lipinski definition) is 1. The largest absolute Gasteiger partial charge is 0.490 e. The van der Waals surface area contributed by atoms with Crippen LogP contribution in [0.25, 0.3) is 16.9 Å². The first kappa shape index (κ1) is 25.5. The second kappa shape index (κ2) is 10.5. The number of benzene rings is 1. The van der Waals surface area contributed by atoms with Crippen molar-refractivity contribution in [2.24, 2.45) is 7.05 Å². The zero-order valence-electron chi connectivity index (χ0n) is 19.2. The van der Waals surface area contributed by atoms with Crippen LogP contribution in [0, 0.1) is 0 Å². The number of aromatic nitrogens is 5. The van der Waals surface area contributed by atoms with Crippen LogP contribution in [0.4, 0.5) is 19.0 Å². The van der Waals surface area contributed by atoms with Gasteiger partial charge in [-0.25, -0.2) is 14.8 Å². The maximum atomic E-state index is 10.6. The van der Waals surface area contributed by atoms with Gasteiger partial charge in [-0.3, -0.25) is 14.0 Å². The van der Waals surface area contributed by atoms with E-state index >= 15 is 0 Å². The van der Waals surface area contributed by atoms with E-state index in [0.29, 0.717) is 0 Å². The molecule has 0 spiro atoms. The lowest BCUT2D eigenvalue weighted by Gasteiger charge is -2.35. The van der Waals surface area contributed by atoms with E-state index in [1.165, 1.54) is 5.56 Å². The molecule has 1 N–H and O–H groups in total. The van der Waals surface area contributed by atoms with Gasteiger partial charge in [0.15, 0.2) is 11.5 Å². The lowest BCUT2D eigenvalue weighted by Crippen LogP contribution is -2.46. The Morgan fingerprint density at radius 1 is 1.08 bits per heavy atom. The summed E-state index contributed by atoms with van der Waals surface area (Å²) in [6.45, 7) is 4.77. The minimum atomic E-state index is -5.08. The Morgan fingerprint density at radius 3 is 2.33 bits per heavy atom. The Balaban J connectivity index is 0.000000384. The molecule has 0 radical (unpaired) electrons. The Morgan fingerprint density at radius 2 is 1.75 bits per heavy atom. The average Bonchev–Trinajstić information content (AvgIpc) is 3.47. The highest BCUT2D eigenvalue weighted by Crippen LogP contribution is 2.25. The first-order chi connectivity index (χ1) is 17.1. The molecule has 0 saturated carbocycles. The van der Waals surface area contributed by atoms with E-state index in [1.54, 1.807) is 4.68 Å². The second-order valence-electron chi connectivity index (χ2n) is 8.18. The number of carboxylic acids is 1. The highest BCUT2D eigenvalue weighted by Gasteiger charge is 2.38. The number of aliphatic carboxylic acids is 1. The summed E-state index contributed by atoms with van der Waals surface area (Å²) in [5, 5.41) is 12.2. The van der Waals surface area contributed by atoms with E-state index < -0.39 is 12.1 Å². The van der Waals surface area contributed by atoms with Crippen LogP contribution >= 0.6 is 11.6 Å². The highest BCUT2D eigenvalue weighted by atomic mass is 35.5. The standard InChI is InChI=1S/C21H22ClN7.C2HF3O2/c1-26-15-17(12-25-26)19-13-24-21-20(23-6-7-29(19)21)28-10-8-27(9-11-28)14-16-2-4-18(22)5-3-16;3-2(4,5)1(6)7/h2-7,12-13,15H,8-11,14H2,1H3;(H,6,7). The second-order valence-corrected chi connectivity index (χ2v) is 8.62. The van der Waals surface area contributed by atoms with Crippen LogP contribution in [0.15, 0.2) is 55.2 Å². The summed E-state index contributed by atoms with van der Waals surface area (Å²) in [4.78, 5) is 23.0. The van der Waals surface area contributed by atoms with Crippen LogP contribution in [0.5, 0.6) is 0 Å². The third-order valence-corrected chi connectivity index (χ3v) is 5.90. The molecule has 0 aliphatic carbocycles. The van der Waals surface area contributed by atoms with Crippen LogP contribution in [0.1, 0.15) is 5.56 Å². The molecule has 0 amide bonds. The molecule has 1 aliphatic heterocycles. The number of carboxylic acid groups (broad SMARTS) is 1. The van der Waals surface area contributed by atoms with Gasteiger partial charge in [0.1, 0.15) is 0 Å². The topological polar surface area (TPSA) is 91.8 Å². The van der Waals surface area contributed by atoms with Crippen molar-refractivity contribution in [3.63, 3.8) is 0 Å². The zero-order chi connectivity index (χ0) is 25.9. The zero-order valence-corrected chi connectivity index (χ0v) is 20.0. The summed E-state index contributed by atoms with van der Waals surface area (Å²) in [7, 11) is 1.92. The number of piperazine rings is 1. The number of alkyl halides is 3. The van der Waals surface area contributed by atoms with Crippen molar-refractivity contribution >= 4 is 29.0 Å². The SMILES string of the molecule is Cn1cc(-c2cnc3c(N4CCN(Cc5ccc(Cl)cc5)CC4)nccn23)cn1.O=C(O)C(F)(F)F. The first-order valence-electron chi connectivity index (χ1n) is 10.9. The Bertz CT molecular complexity index is 1330. The summed E-state index contributed by atoms with van der Waals surface area (Å²) < 4.78 is 35.6. The molecule has 0 atom stereocenters. The number of aryl methyl sites for hydroxylation is 1. The molecule has 0 bridgehead atoms. The smallest absolute Gasteiger partial charge is 0.475 e. The number of hydrogen-bond acceptors (Lipinski definition) is 6. The van der Waals surface area contributed by atoms with Crippen molar-refractivity contribution in [1.82, 2.24) is 29.0 Å². The summed E-state index contributed by atoms with van der Waals surface area (Å²) in [5.74, 6) is -1.82. The molecule has 3 aromatic heterocycles. The fourth-order valence-corrected chi connectivity index (χ4v) is 3.99. The molecule has 4 aromatic rings. The third-order valence-electron chi connectivity index (χ3n) is 5.64. The fraction of sp³-hybridized carbons (Fsp3) is 0.304. The number of halogens is 4. The minimum Gasteiger partial charge on any atom is -0.475 e. The van der Waals surface area contributed by atoms with E-state index in [9.17, 15) is 13.2 Å². The lowest BCUT2D eigenvalue weighted by molar-refractivity contribution is -0.192. The molecule has 1 fully saturated rings. The third kappa shape index (κ3) is 5.94. The number of imidazole rings is 1. The van der Waals surface area contributed by atoms with Crippen LogP contribution < -0.4 is 4.90 Å². The lowest BCUT2D eigenvalue weighted by atomic mass is 10.2. The average molecular weight is 522 g/mol. The van der Waals surface area contributed by atoms with Gasteiger partial charge in [0.05, 0.1) is 18.1 Å². The van der Waals surface area contributed by atoms with Gasteiger partial charge in [0, 0.05) is 68.9 Å². The van der Waals surface area contributed by atoms with Crippen molar-refractivity contribution in [1.29, 1.82) is 0 Å². The molecule has 0 unspecified atom stereocenters. The molecule has 5 rings (SSSR count). The fourth-order valence-electron chi connectivity index (χ4n) is 3.86. The number of carbonyl (C=O) groups is 1. The van der Waals surface area contributed by atoms with Gasteiger partial charge in [0.25, 0.3) is 0 Å². The van der Waals surface area contributed by atoms with Gasteiger partial charge in [-0.05, 0) is 17.7 Å². The molecule has 36 heavy (non-hydrogen) atoms. The van der Waals surface area contributed by atoms with Crippen molar-refractivity contribution in [3.8, 4) is 11.3 Å². The molecule has 4 heterocycles. The van der Waals surface area contributed by atoms with E-state index in [-0.39, 0.29) is 0 Å². The Kier molecular flexibility index (Phi) is 7.45. The molecule has 9 nitrogen and oxygen atoms in total. The number of fused-ring (bicyclic) bond motifs is 1. The summed E-state index contributed by atoms with van der Waals surface area (Å²) in [6.07, 6.45) is 4.49. The number of rotatable bonds is 4. The van der Waals surface area contributed by atoms with Gasteiger partial charge in [-0.15, -0.1) is 0 Å². The summed E-state index contributed by atoms with van der Waals surface area (Å²) in [6, 6.07) is 8.11. The predicted molar refractivity (Wildman–Crippen MR) is 128 cm³/mol. The molecule has 1 saturated heterocycles. The van der Waals surface area contributed by atoms with Gasteiger partial charge >= 0.3 is 12.1 Å². The van der Waals surface area contributed by atoms with E-state index in [4.69, 9.17) is 21.5 Å². The molecular formula is C23H23ClF3N7O2. The van der Waals surface area contributed by atoms with Gasteiger partial charge < -0.3 is 10.0 Å². The minimum absolute atomic E-state index is 0.781. The Hall–Kier alpha value is -3.64. The maximum absolute atomic E-state index is 10.6. The predicted octanol–water partition coefficient (Wildman–Crippen LogP) is 3.74. The molecular weight excluding hydrogens is 499 g/mol. The van der Waals surface area contributed by atoms with Crippen molar-refractivity contribution in [2.75, 3.05) is 31.1 Å². The van der Waals surface area contributed by atoms with E-state index in [1.807, 2.05) is 50.2 Å². The van der Waals surface area contributed by atoms with Crippen LogP contribution in [-0.2, 0) is 18.4 Å². The van der Waals surface area contributed by atoms with Gasteiger partial charge in [-0.1, -0.05) is 23.7 Å². The van der Waals surface area contributed by atoms with Crippen molar-refractivity contribution in [2.45, 2.75) is 12.7 Å². The first-order valence-corrected chi connectivity index (χ1v) is 11.3. The monoisotopic (exact) mass is 521 g/mol. The molecule has 13 heteroatoms. The quantitative estimate of drug-likeness (QED) is 0.437. The number of anilines is 1. The number of nitrogens with zero attached hydrogens (tertiary/aromatic N) is 7. The Labute approximate surface area is 209 Å². The van der Waals surface area contributed by atoms with Gasteiger partial charge in [-0.2, -0.15) is 18.3 Å². The van der Waals surface area contributed by atoms with Crippen molar-refractivity contribution in [3.05, 3.63) is 65.8 Å². The molecule has 190 valence electrons. The van der Waals surface area contributed by atoms with Gasteiger partial charge in [0.2, 0.25) is 0 Å². The van der Waals surface area contributed by atoms with E-state index in [2.05, 4.69) is 41.4 Å². The highest BCUT2D eigenvalue weighted by molar-refractivity contribution is 6.30. The van der Waals surface area contributed by atoms with E-state index in [0.717, 1.165) is 60.5 Å². The normalized spacial score (nSPS) is 14.5. The molecule has 1 aliphatic rings. The van der Waals surface area contributed by atoms with Crippen LogP contribution in [-0.4, -0.2) is 72.5 Å². The van der Waals surface area contributed by atoms with Crippen molar-refractivity contribution < 1.29 is 23.1 Å². The summed E-state index contributed by atoms with van der Waals surface area (Å²) in [5.41, 5.74) is 4.25.